The van der Waals surface area contributed by atoms with E-state index in [9.17, 15) is 0 Å². The van der Waals surface area contributed by atoms with Gasteiger partial charge in [0.15, 0.2) is 0 Å². The van der Waals surface area contributed by atoms with Gasteiger partial charge in [-0.3, -0.25) is 0 Å². The molecule has 4 heteroatoms. The topological polar surface area (TPSA) is 9.72 Å². The Morgan fingerprint density at radius 1 is 0.609 bits per heavy atom. The second kappa shape index (κ2) is 10.8. The van der Waals surface area contributed by atoms with Gasteiger partial charge in [-0.15, -0.1) is 0 Å². The first-order chi connectivity index (χ1) is 11.1. The van der Waals surface area contributed by atoms with Crippen LogP contribution in [0.3, 0.4) is 0 Å². The molecule has 0 radical (unpaired) electrons. The fourth-order valence-electron chi connectivity index (χ4n) is 4.00. The minimum absolute atomic E-state index is 1.16. The summed E-state index contributed by atoms with van der Waals surface area (Å²) in [6.45, 7) is 21.0. The molecule has 0 spiro atoms. The zero-order valence-electron chi connectivity index (χ0n) is 16.2. The molecule has 3 nitrogen and oxygen atoms in total. The SMILES string of the molecule is CC[N](CC)[Zr]([CH2]c1ccccc1)([N](CC)CC)[N](CC)CC. The van der Waals surface area contributed by atoms with E-state index in [1.165, 1.54) is 9.69 Å². The van der Waals surface area contributed by atoms with Crippen molar-refractivity contribution in [3.8, 4) is 0 Å². The molecule has 0 N–H and O–H groups in total. The molecule has 0 aliphatic heterocycles. The van der Waals surface area contributed by atoms with Gasteiger partial charge in [0.2, 0.25) is 0 Å². The van der Waals surface area contributed by atoms with Crippen molar-refractivity contribution in [1.82, 2.24) is 8.53 Å². The second-order valence-corrected chi connectivity index (χ2v) is 15.3. The van der Waals surface area contributed by atoms with Crippen molar-refractivity contribution in [2.75, 3.05) is 39.3 Å². The molecule has 0 bridgehead atoms. The van der Waals surface area contributed by atoms with Crippen LogP contribution < -0.4 is 0 Å². The molecular weight excluding hydrogens is 361 g/mol. The third-order valence-electron chi connectivity index (χ3n) is 5.09. The van der Waals surface area contributed by atoms with Crippen molar-refractivity contribution in [3.05, 3.63) is 35.9 Å². The molecule has 1 aromatic carbocycles. The van der Waals surface area contributed by atoms with E-state index in [2.05, 4.69) is 80.4 Å². The first-order valence-electron chi connectivity index (χ1n) is 9.43. The summed E-state index contributed by atoms with van der Waals surface area (Å²) < 4.78 is 9.80. The van der Waals surface area contributed by atoms with E-state index >= 15 is 0 Å². The van der Waals surface area contributed by atoms with E-state index in [1.54, 1.807) is 0 Å². The van der Waals surface area contributed by atoms with Gasteiger partial charge in [-0.2, -0.15) is 0 Å². The van der Waals surface area contributed by atoms with Gasteiger partial charge in [0.1, 0.15) is 0 Å². The van der Waals surface area contributed by atoms with Crippen LogP contribution >= 0.6 is 0 Å². The Morgan fingerprint density at radius 2 is 0.957 bits per heavy atom. The third kappa shape index (κ3) is 4.75. The van der Waals surface area contributed by atoms with Crippen LogP contribution in [-0.4, -0.2) is 47.8 Å². The molecule has 0 aliphatic rings. The molecule has 23 heavy (non-hydrogen) atoms. The maximum atomic E-state index is 2.85. The van der Waals surface area contributed by atoms with Gasteiger partial charge in [-0.1, -0.05) is 0 Å². The molecule has 0 atom stereocenters. The minimum atomic E-state index is -2.89. The Bertz CT molecular complexity index is 381. The van der Waals surface area contributed by atoms with E-state index in [-0.39, 0.29) is 0 Å². The molecular formula is C19H37N3Zr. The Morgan fingerprint density at radius 3 is 1.26 bits per heavy atom. The predicted octanol–water partition coefficient (Wildman–Crippen LogP) is 4.11. The normalized spacial score (nSPS) is 12.6. The Hall–Kier alpha value is -0.0169. The molecule has 0 heterocycles. The Balaban J connectivity index is 3.43. The molecule has 0 saturated heterocycles. The van der Waals surface area contributed by atoms with E-state index in [0.717, 1.165) is 39.3 Å². The van der Waals surface area contributed by atoms with E-state index in [1.807, 2.05) is 0 Å². The third-order valence-corrected chi connectivity index (χ3v) is 19.4. The second-order valence-electron chi connectivity index (χ2n) is 5.95. The molecule has 0 unspecified atom stereocenters. The summed E-state index contributed by atoms with van der Waals surface area (Å²) in [7, 11) is 0. The summed E-state index contributed by atoms with van der Waals surface area (Å²) in [5.74, 6) is 0. The molecule has 0 aliphatic carbocycles. The van der Waals surface area contributed by atoms with Crippen LogP contribution in [0, 0.1) is 0 Å². The van der Waals surface area contributed by atoms with Crippen LogP contribution in [0.4, 0.5) is 0 Å². The molecule has 0 fully saturated rings. The van der Waals surface area contributed by atoms with Crippen molar-refractivity contribution in [2.45, 2.75) is 45.7 Å². The van der Waals surface area contributed by atoms with Crippen molar-refractivity contribution >= 4 is 0 Å². The van der Waals surface area contributed by atoms with Gasteiger partial charge >= 0.3 is 151 Å². The van der Waals surface area contributed by atoms with E-state index in [4.69, 9.17) is 0 Å². The first kappa shape index (κ1) is 21.0. The predicted molar refractivity (Wildman–Crippen MR) is 98.9 cm³/mol. The van der Waals surface area contributed by atoms with Crippen LogP contribution in [0.15, 0.2) is 30.3 Å². The Labute approximate surface area is 150 Å². The summed E-state index contributed by atoms with van der Waals surface area (Å²) in [4.78, 5) is 0. The maximum absolute atomic E-state index is 2.89. The van der Waals surface area contributed by atoms with Gasteiger partial charge in [0.25, 0.3) is 0 Å². The van der Waals surface area contributed by atoms with Crippen molar-refractivity contribution in [1.29, 1.82) is 0 Å². The first-order valence-corrected chi connectivity index (χ1v) is 14.5. The average molecular weight is 399 g/mol. The fourth-order valence-corrected chi connectivity index (χ4v) is 18.0. The zero-order chi connectivity index (χ0) is 17.3. The number of hydrogen-bond acceptors (Lipinski definition) is 3. The van der Waals surface area contributed by atoms with Crippen molar-refractivity contribution in [2.24, 2.45) is 0 Å². The Kier molecular flexibility index (Phi) is 9.84. The molecule has 0 amide bonds. The van der Waals surface area contributed by atoms with Gasteiger partial charge in [0.05, 0.1) is 0 Å². The van der Waals surface area contributed by atoms with Crippen molar-refractivity contribution in [3.63, 3.8) is 0 Å². The number of nitrogens with zero attached hydrogens (tertiary/aromatic N) is 3. The molecule has 0 saturated carbocycles. The standard InChI is InChI=1S/C7H7.3C4H10N.Zr/c1-7-5-3-2-4-6-7;3*1-3-5-4-2;/h2-6H,1H2;3*3-4H2,1-2H3;/q;3*-1;+3. The van der Waals surface area contributed by atoms with Crippen LogP contribution in [0.25, 0.3) is 0 Å². The average Bonchev–Trinajstić information content (AvgIpc) is 2.59. The summed E-state index contributed by atoms with van der Waals surface area (Å²) in [6, 6.07) is 11.2. The van der Waals surface area contributed by atoms with Crippen LogP contribution in [0.2, 0.25) is 0 Å². The van der Waals surface area contributed by atoms with Gasteiger partial charge < -0.3 is 0 Å². The fraction of sp³-hybridized carbons (Fsp3) is 0.684. The summed E-state index contributed by atoms with van der Waals surface area (Å²) in [5, 5.41) is 0. The zero-order valence-corrected chi connectivity index (χ0v) is 18.6. The quantitative estimate of drug-likeness (QED) is 0.555. The van der Waals surface area contributed by atoms with Gasteiger partial charge in [-0.25, -0.2) is 0 Å². The molecule has 0 aromatic heterocycles. The van der Waals surface area contributed by atoms with Crippen LogP contribution in [0.1, 0.15) is 47.1 Å². The van der Waals surface area contributed by atoms with Crippen molar-refractivity contribution < 1.29 is 21.1 Å². The molecule has 1 aromatic rings. The number of benzene rings is 1. The molecule has 1 rings (SSSR count). The van der Waals surface area contributed by atoms with Crippen LogP contribution in [-0.2, 0) is 25.3 Å². The van der Waals surface area contributed by atoms with Gasteiger partial charge in [0, 0.05) is 0 Å². The number of rotatable bonds is 11. The monoisotopic (exact) mass is 397 g/mol. The number of hydrogen-bond donors (Lipinski definition) is 0. The molecule has 132 valence electrons. The summed E-state index contributed by atoms with van der Waals surface area (Å²) >= 11 is -2.89. The van der Waals surface area contributed by atoms with E-state index in [0.29, 0.717) is 0 Å². The van der Waals surface area contributed by atoms with Crippen LogP contribution in [0.5, 0.6) is 0 Å². The van der Waals surface area contributed by atoms with Gasteiger partial charge in [-0.05, 0) is 0 Å². The summed E-state index contributed by atoms with van der Waals surface area (Å²) in [5.41, 5.74) is 1.51. The summed E-state index contributed by atoms with van der Waals surface area (Å²) in [6.07, 6.45) is 0. The van der Waals surface area contributed by atoms with E-state index < -0.39 is 21.1 Å².